The van der Waals surface area contributed by atoms with Crippen molar-refractivity contribution in [1.29, 1.82) is 0 Å². The van der Waals surface area contributed by atoms with Crippen molar-refractivity contribution in [2.45, 2.75) is 13.8 Å². The fourth-order valence-corrected chi connectivity index (χ4v) is 3.62. The molecule has 0 saturated carbocycles. The van der Waals surface area contributed by atoms with Gasteiger partial charge in [0.15, 0.2) is 0 Å². The van der Waals surface area contributed by atoms with Crippen molar-refractivity contribution in [2.75, 3.05) is 41.7 Å². The van der Waals surface area contributed by atoms with E-state index >= 15 is 0 Å². The molecule has 0 atom stereocenters. The molecule has 154 valence electrons. The van der Waals surface area contributed by atoms with E-state index in [2.05, 4.69) is 10.6 Å². The van der Waals surface area contributed by atoms with E-state index in [1.807, 2.05) is 67.3 Å². The Labute approximate surface area is 174 Å². The number of amides is 2. The van der Waals surface area contributed by atoms with Crippen LogP contribution in [0.2, 0.25) is 0 Å². The summed E-state index contributed by atoms with van der Waals surface area (Å²) in [5.74, 6) is 0. The van der Waals surface area contributed by atoms with E-state index in [1.54, 1.807) is 4.90 Å². The van der Waals surface area contributed by atoms with Crippen molar-refractivity contribution < 1.29 is 4.79 Å². The molecule has 0 aromatic heterocycles. The van der Waals surface area contributed by atoms with Crippen LogP contribution >= 0.6 is 0 Å². The van der Waals surface area contributed by atoms with Crippen LogP contribution in [-0.4, -0.2) is 37.1 Å². The lowest BCUT2D eigenvalue weighted by Gasteiger charge is -2.37. The van der Waals surface area contributed by atoms with Crippen molar-refractivity contribution in [3.63, 3.8) is 0 Å². The van der Waals surface area contributed by atoms with Gasteiger partial charge in [-0.1, -0.05) is 35.9 Å². The van der Waals surface area contributed by atoms with Gasteiger partial charge in [0.2, 0.25) is 0 Å². The second-order valence-electron chi connectivity index (χ2n) is 7.59. The number of urea groups is 1. The number of nitrogens with one attached hydrogen (secondary N) is 2. The molecule has 1 saturated heterocycles. The molecule has 0 radical (unpaired) electrons. The molecule has 1 fully saturated rings. The van der Waals surface area contributed by atoms with Gasteiger partial charge in [-0.2, -0.15) is 0 Å². The van der Waals surface area contributed by atoms with Crippen LogP contribution in [0.25, 0.3) is 0 Å². The van der Waals surface area contributed by atoms with Gasteiger partial charge < -0.3 is 20.4 Å². The SMILES string of the molecule is Cc1ccc(NC(=O)N2CCN(c3c(Nc4ccccc4C)c(=O)c3=O)CC2)cc1. The number of carbonyl (C=O) groups excluding carboxylic acids is 1. The van der Waals surface area contributed by atoms with E-state index in [4.69, 9.17) is 0 Å². The molecule has 1 heterocycles. The number of nitrogens with zero attached hydrogens (tertiary/aromatic N) is 2. The molecule has 4 rings (SSSR count). The molecule has 3 aromatic carbocycles. The first-order valence-electron chi connectivity index (χ1n) is 9.97. The van der Waals surface area contributed by atoms with Crippen LogP contribution in [0.5, 0.6) is 0 Å². The zero-order chi connectivity index (χ0) is 21.3. The zero-order valence-corrected chi connectivity index (χ0v) is 17.1. The first-order valence-corrected chi connectivity index (χ1v) is 9.97. The molecule has 0 unspecified atom stereocenters. The van der Waals surface area contributed by atoms with Crippen molar-refractivity contribution >= 4 is 28.8 Å². The van der Waals surface area contributed by atoms with Gasteiger partial charge >= 0.3 is 6.03 Å². The maximum absolute atomic E-state index is 12.5. The molecular weight excluding hydrogens is 380 g/mol. The Morgan fingerprint density at radius 2 is 1.53 bits per heavy atom. The number of carbonyl (C=O) groups is 1. The molecule has 1 aliphatic rings. The number of hydrogen-bond acceptors (Lipinski definition) is 5. The lowest BCUT2D eigenvalue weighted by Crippen LogP contribution is -2.53. The Hall–Kier alpha value is -3.61. The number of benzene rings is 2. The standard InChI is InChI=1S/C23H24N4O3/c1-15-7-9-17(10-8-15)24-23(30)27-13-11-26(12-14-27)20-19(21(28)22(20)29)25-18-6-4-3-5-16(18)2/h3-10,25H,11-14H2,1-2H3,(H,24,30). The molecule has 7 heteroatoms. The Kier molecular flexibility index (Phi) is 5.27. The number of para-hydroxylation sites is 1. The van der Waals surface area contributed by atoms with E-state index in [0.29, 0.717) is 37.6 Å². The average molecular weight is 404 g/mol. The average Bonchev–Trinajstić information content (AvgIpc) is 2.76. The number of anilines is 4. The van der Waals surface area contributed by atoms with E-state index in [9.17, 15) is 14.4 Å². The van der Waals surface area contributed by atoms with Crippen molar-refractivity contribution in [2.24, 2.45) is 0 Å². The molecule has 30 heavy (non-hydrogen) atoms. The summed E-state index contributed by atoms with van der Waals surface area (Å²) in [6.45, 7) is 5.87. The molecule has 3 aromatic rings. The van der Waals surface area contributed by atoms with Crippen LogP contribution in [0, 0.1) is 13.8 Å². The molecule has 7 nitrogen and oxygen atoms in total. The van der Waals surface area contributed by atoms with Gasteiger partial charge in [-0.3, -0.25) is 9.59 Å². The monoisotopic (exact) mass is 404 g/mol. The van der Waals surface area contributed by atoms with Crippen LogP contribution in [-0.2, 0) is 0 Å². The minimum Gasteiger partial charge on any atom is -0.363 e. The molecule has 0 aliphatic carbocycles. The van der Waals surface area contributed by atoms with Crippen molar-refractivity contribution in [3.05, 3.63) is 80.1 Å². The second-order valence-corrected chi connectivity index (χ2v) is 7.59. The molecule has 2 N–H and O–H groups in total. The number of piperazine rings is 1. The van der Waals surface area contributed by atoms with Gasteiger partial charge in [0.05, 0.1) is 0 Å². The Bertz CT molecular complexity index is 1140. The van der Waals surface area contributed by atoms with Gasteiger partial charge in [-0.15, -0.1) is 0 Å². The largest absolute Gasteiger partial charge is 0.363 e. The maximum Gasteiger partial charge on any atom is 0.321 e. The van der Waals surface area contributed by atoms with Crippen molar-refractivity contribution in [3.8, 4) is 0 Å². The van der Waals surface area contributed by atoms with Crippen LogP contribution in [0.15, 0.2) is 58.1 Å². The first kappa shape index (κ1) is 19.7. The lowest BCUT2D eigenvalue weighted by atomic mass is 10.1. The molecule has 0 bridgehead atoms. The number of aryl methyl sites for hydroxylation is 2. The summed E-state index contributed by atoms with van der Waals surface area (Å²) >= 11 is 0. The first-order chi connectivity index (χ1) is 14.4. The van der Waals surface area contributed by atoms with Crippen LogP contribution in [0.1, 0.15) is 11.1 Å². The quantitative estimate of drug-likeness (QED) is 0.654. The second kappa shape index (κ2) is 8.02. The van der Waals surface area contributed by atoms with Crippen LogP contribution < -0.4 is 26.4 Å². The maximum atomic E-state index is 12.5. The van der Waals surface area contributed by atoms with Crippen LogP contribution in [0.3, 0.4) is 0 Å². The summed E-state index contributed by atoms with van der Waals surface area (Å²) in [5, 5.41) is 6.02. The topological polar surface area (TPSA) is 81.8 Å². The molecule has 0 spiro atoms. The summed E-state index contributed by atoms with van der Waals surface area (Å²) in [4.78, 5) is 40.5. The van der Waals surface area contributed by atoms with Crippen LogP contribution in [0.4, 0.5) is 27.5 Å². The summed E-state index contributed by atoms with van der Waals surface area (Å²) in [5.41, 5.74) is 3.48. The smallest absolute Gasteiger partial charge is 0.321 e. The highest BCUT2D eigenvalue weighted by Gasteiger charge is 2.30. The summed E-state index contributed by atoms with van der Waals surface area (Å²) in [6.07, 6.45) is 0. The van der Waals surface area contributed by atoms with Gasteiger partial charge in [-0.05, 0) is 37.6 Å². The molecule has 2 amide bonds. The predicted molar refractivity (Wildman–Crippen MR) is 120 cm³/mol. The third-order valence-electron chi connectivity index (χ3n) is 5.48. The Balaban J connectivity index is 1.41. The molecular formula is C23H24N4O3. The van der Waals surface area contributed by atoms with E-state index in [0.717, 1.165) is 22.5 Å². The predicted octanol–water partition coefficient (Wildman–Crippen LogP) is 3.00. The summed E-state index contributed by atoms with van der Waals surface area (Å²) in [7, 11) is 0. The minimum absolute atomic E-state index is 0.165. The highest BCUT2D eigenvalue weighted by atomic mass is 16.2. The fraction of sp³-hybridized carbons (Fsp3) is 0.261. The van der Waals surface area contributed by atoms with Gasteiger partial charge in [-0.25, -0.2) is 4.79 Å². The number of hydrogen-bond donors (Lipinski definition) is 2. The third-order valence-corrected chi connectivity index (χ3v) is 5.48. The minimum atomic E-state index is -0.493. The van der Waals surface area contributed by atoms with Gasteiger partial charge in [0.1, 0.15) is 11.4 Å². The Morgan fingerprint density at radius 3 is 2.20 bits per heavy atom. The Morgan fingerprint density at radius 1 is 0.867 bits per heavy atom. The fourth-order valence-electron chi connectivity index (χ4n) is 3.62. The summed E-state index contributed by atoms with van der Waals surface area (Å²) in [6, 6.07) is 15.1. The number of rotatable bonds is 4. The highest BCUT2D eigenvalue weighted by molar-refractivity contribution is 5.89. The van der Waals surface area contributed by atoms with Crippen molar-refractivity contribution in [1.82, 2.24) is 4.90 Å². The lowest BCUT2D eigenvalue weighted by molar-refractivity contribution is 0.208. The normalized spacial score (nSPS) is 14.1. The third kappa shape index (κ3) is 3.78. The summed E-state index contributed by atoms with van der Waals surface area (Å²) < 4.78 is 0. The highest BCUT2D eigenvalue weighted by Crippen LogP contribution is 2.27. The van der Waals surface area contributed by atoms with Gasteiger partial charge in [0, 0.05) is 37.6 Å². The van der Waals surface area contributed by atoms with E-state index in [1.165, 1.54) is 0 Å². The van der Waals surface area contributed by atoms with E-state index < -0.39 is 10.9 Å². The van der Waals surface area contributed by atoms with Gasteiger partial charge in [0.25, 0.3) is 10.9 Å². The zero-order valence-electron chi connectivity index (χ0n) is 17.1. The van der Waals surface area contributed by atoms with E-state index in [-0.39, 0.29) is 6.03 Å². The molecule has 1 aliphatic heterocycles.